The van der Waals surface area contributed by atoms with Gasteiger partial charge in [-0.2, -0.15) is 0 Å². The molecule has 6 heteroatoms. The minimum absolute atomic E-state index is 0.551. The number of fused-ring (bicyclic) bond motifs is 1. The van der Waals surface area contributed by atoms with Crippen LogP contribution in [0.5, 0.6) is 0 Å². The van der Waals surface area contributed by atoms with Gasteiger partial charge in [-0.25, -0.2) is 9.97 Å². The molecule has 0 fully saturated rings. The number of nitrogens with one attached hydrogen (secondary N) is 1. The molecule has 0 aliphatic heterocycles. The summed E-state index contributed by atoms with van der Waals surface area (Å²) in [4.78, 5) is 20.3. The monoisotopic (exact) mass is 299 g/mol. The molecule has 1 atom stereocenters. The molecule has 2 aromatic heterocycles. The number of hydrogen-bond acceptors (Lipinski definition) is 5. The molecule has 106 valence electrons. The summed E-state index contributed by atoms with van der Waals surface area (Å²) in [5.74, 6) is -0.367. The van der Waals surface area contributed by atoms with Crippen LogP contribution in [0.25, 0.3) is 21.3 Å². The average molecular weight is 299 g/mol. The van der Waals surface area contributed by atoms with E-state index in [1.165, 1.54) is 17.7 Å². The molecule has 0 spiro atoms. The summed E-state index contributed by atoms with van der Waals surface area (Å²) in [7, 11) is 0. The first kappa shape index (κ1) is 13.5. The van der Waals surface area contributed by atoms with Gasteiger partial charge in [0.2, 0.25) is 0 Å². The summed E-state index contributed by atoms with van der Waals surface area (Å²) >= 11 is 1.52. The highest BCUT2D eigenvalue weighted by molar-refractivity contribution is 7.17. The summed E-state index contributed by atoms with van der Waals surface area (Å²) in [5.41, 5.74) is 2.07. The first-order valence-electron chi connectivity index (χ1n) is 6.44. The maximum atomic E-state index is 11.0. The number of benzene rings is 1. The number of hydrogen-bond donors (Lipinski definition) is 2. The van der Waals surface area contributed by atoms with Crippen LogP contribution in [0.1, 0.15) is 6.92 Å². The Balaban J connectivity index is 2.13. The van der Waals surface area contributed by atoms with Crippen LogP contribution in [0.15, 0.2) is 42.0 Å². The largest absolute Gasteiger partial charge is 0.480 e. The van der Waals surface area contributed by atoms with Gasteiger partial charge in [-0.3, -0.25) is 4.79 Å². The highest BCUT2D eigenvalue weighted by atomic mass is 32.1. The zero-order valence-electron chi connectivity index (χ0n) is 11.3. The van der Waals surface area contributed by atoms with Crippen LogP contribution >= 0.6 is 11.3 Å². The highest BCUT2D eigenvalue weighted by Crippen LogP contribution is 2.36. The van der Waals surface area contributed by atoms with Gasteiger partial charge >= 0.3 is 5.97 Å². The predicted octanol–water partition coefficient (Wildman–Crippen LogP) is 3.24. The van der Waals surface area contributed by atoms with Crippen molar-refractivity contribution in [1.82, 2.24) is 9.97 Å². The molecule has 0 radical (unpaired) electrons. The molecule has 0 unspecified atom stereocenters. The van der Waals surface area contributed by atoms with Gasteiger partial charge in [0, 0.05) is 10.9 Å². The lowest BCUT2D eigenvalue weighted by Gasteiger charge is -2.11. The Morgan fingerprint density at radius 1 is 1.29 bits per heavy atom. The van der Waals surface area contributed by atoms with Crippen molar-refractivity contribution in [1.29, 1.82) is 0 Å². The molecule has 2 N–H and O–H groups in total. The number of rotatable bonds is 4. The van der Waals surface area contributed by atoms with Crippen molar-refractivity contribution in [2.24, 2.45) is 0 Å². The normalized spacial score (nSPS) is 12.2. The topological polar surface area (TPSA) is 75.1 Å². The van der Waals surface area contributed by atoms with E-state index in [2.05, 4.69) is 15.3 Å². The molecule has 3 aromatic rings. The number of carbonyl (C=O) groups is 1. The lowest BCUT2D eigenvalue weighted by molar-refractivity contribution is -0.137. The Hall–Kier alpha value is -2.47. The summed E-state index contributed by atoms with van der Waals surface area (Å²) < 4.78 is 0. The van der Waals surface area contributed by atoms with Crippen LogP contribution < -0.4 is 5.32 Å². The van der Waals surface area contributed by atoms with Crippen molar-refractivity contribution in [3.05, 3.63) is 42.0 Å². The lowest BCUT2D eigenvalue weighted by Crippen LogP contribution is -2.26. The van der Waals surface area contributed by atoms with E-state index >= 15 is 0 Å². The standard InChI is InChI=1S/C15H13N3O2S/c1-9(15(19)20)18-13-12-11(10-5-3-2-4-6-10)7-21-14(12)17-8-16-13/h2-9H,1H3,(H,19,20)(H,16,17,18)/t9-/m1/s1. The first-order chi connectivity index (χ1) is 10.2. The summed E-state index contributed by atoms with van der Waals surface area (Å²) in [6, 6.07) is 9.20. The fourth-order valence-corrected chi connectivity index (χ4v) is 3.00. The Morgan fingerprint density at radius 3 is 2.76 bits per heavy atom. The summed E-state index contributed by atoms with van der Waals surface area (Å²) in [6.45, 7) is 1.59. The van der Waals surface area contributed by atoms with Crippen molar-refractivity contribution >= 4 is 33.3 Å². The van der Waals surface area contributed by atoms with E-state index in [0.29, 0.717) is 5.82 Å². The van der Waals surface area contributed by atoms with Gasteiger partial charge in [0.1, 0.15) is 23.0 Å². The molecular weight excluding hydrogens is 286 g/mol. The SMILES string of the molecule is C[C@@H](Nc1ncnc2scc(-c3ccccc3)c12)C(=O)O. The van der Waals surface area contributed by atoms with Gasteiger partial charge in [0.15, 0.2) is 0 Å². The van der Waals surface area contributed by atoms with Crippen molar-refractivity contribution in [2.45, 2.75) is 13.0 Å². The van der Waals surface area contributed by atoms with Crippen molar-refractivity contribution in [3.8, 4) is 11.1 Å². The second-order valence-electron chi connectivity index (χ2n) is 4.62. The van der Waals surface area contributed by atoms with Crippen LogP contribution in [-0.2, 0) is 4.79 Å². The van der Waals surface area contributed by atoms with Crippen LogP contribution in [0, 0.1) is 0 Å². The van der Waals surface area contributed by atoms with Gasteiger partial charge in [0.25, 0.3) is 0 Å². The van der Waals surface area contributed by atoms with Crippen molar-refractivity contribution < 1.29 is 9.90 Å². The molecule has 0 aliphatic carbocycles. The number of anilines is 1. The molecular formula is C15H13N3O2S. The Labute approximate surface area is 125 Å². The highest BCUT2D eigenvalue weighted by Gasteiger charge is 2.17. The summed E-state index contributed by atoms with van der Waals surface area (Å²) in [5, 5.41) is 14.9. The zero-order valence-corrected chi connectivity index (χ0v) is 12.1. The molecule has 0 bridgehead atoms. The number of aliphatic carboxylic acids is 1. The second-order valence-corrected chi connectivity index (χ2v) is 5.48. The predicted molar refractivity (Wildman–Crippen MR) is 83.6 cm³/mol. The second kappa shape index (κ2) is 5.49. The maximum Gasteiger partial charge on any atom is 0.325 e. The van der Waals surface area contributed by atoms with Gasteiger partial charge in [-0.15, -0.1) is 11.3 Å². The van der Waals surface area contributed by atoms with Gasteiger partial charge in [-0.05, 0) is 12.5 Å². The molecule has 1 aromatic carbocycles. The van der Waals surface area contributed by atoms with Crippen LogP contribution in [-0.4, -0.2) is 27.1 Å². The minimum atomic E-state index is -0.918. The molecule has 0 saturated heterocycles. The fraction of sp³-hybridized carbons (Fsp3) is 0.133. The van der Waals surface area contributed by atoms with E-state index in [4.69, 9.17) is 5.11 Å². The molecule has 21 heavy (non-hydrogen) atoms. The summed E-state index contributed by atoms with van der Waals surface area (Å²) in [6.07, 6.45) is 1.45. The van der Waals surface area contributed by atoms with E-state index in [0.717, 1.165) is 21.3 Å². The Bertz CT molecular complexity index is 786. The number of thiophene rings is 1. The Kier molecular flexibility index (Phi) is 3.53. The molecule has 3 rings (SSSR count). The maximum absolute atomic E-state index is 11.0. The van der Waals surface area contributed by atoms with E-state index < -0.39 is 12.0 Å². The van der Waals surface area contributed by atoms with Crippen LogP contribution in [0.3, 0.4) is 0 Å². The minimum Gasteiger partial charge on any atom is -0.480 e. The number of aromatic nitrogens is 2. The molecule has 0 amide bonds. The zero-order chi connectivity index (χ0) is 14.8. The lowest BCUT2D eigenvalue weighted by atomic mass is 10.1. The van der Waals surface area contributed by atoms with Crippen LogP contribution in [0.2, 0.25) is 0 Å². The number of carboxylic acids is 1. The smallest absolute Gasteiger partial charge is 0.325 e. The third-order valence-electron chi connectivity index (χ3n) is 3.18. The molecule has 0 saturated carbocycles. The van der Waals surface area contributed by atoms with E-state index in [9.17, 15) is 4.79 Å². The number of nitrogens with zero attached hydrogens (tertiary/aromatic N) is 2. The van der Waals surface area contributed by atoms with Gasteiger partial charge in [-0.1, -0.05) is 30.3 Å². The molecule has 0 aliphatic rings. The van der Waals surface area contributed by atoms with E-state index in [1.54, 1.807) is 6.92 Å². The fourth-order valence-electron chi connectivity index (χ4n) is 2.08. The third-order valence-corrected chi connectivity index (χ3v) is 4.07. The van der Waals surface area contributed by atoms with Crippen molar-refractivity contribution in [2.75, 3.05) is 5.32 Å². The average Bonchev–Trinajstić information content (AvgIpc) is 2.93. The van der Waals surface area contributed by atoms with E-state index in [-0.39, 0.29) is 0 Å². The van der Waals surface area contributed by atoms with Gasteiger partial charge < -0.3 is 10.4 Å². The third kappa shape index (κ3) is 2.57. The van der Waals surface area contributed by atoms with Crippen molar-refractivity contribution in [3.63, 3.8) is 0 Å². The quantitative estimate of drug-likeness (QED) is 0.773. The number of carboxylic acid groups (broad SMARTS) is 1. The van der Waals surface area contributed by atoms with Gasteiger partial charge in [0.05, 0.1) is 5.39 Å². The molecule has 2 heterocycles. The van der Waals surface area contributed by atoms with Crippen LogP contribution in [0.4, 0.5) is 5.82 Å². The molecule has 5 nitrogen and oxygen atoms in total. The van der Waals surface area contributed by atoms with E-state index in [1.807, 2.05) is 35.7 Å². The Morgan fingerprint density at radius 2 is 2.05 bits per heavy atom. The first-order valence-corrected chi connectivity index (χ1v) is 7.31.